The van der Waals surface area contributed by atoms with Crippen LogP contribution < -0.4 is 21.2 Å². The SMILES string of the molecule is C1=CN(CCP(c2ccccc2)c2ccccc2)CN1CCP(c1ccccc1)c1ccccc1. The van der Waals surface area contributed by atoms with Crippen molar-refractivity contribution in [3.63, 3.8) is 0 Å². The lowest BCUT2D eigenvalue weighted by Gasteiger charge is -2.26. The van der Waals surface area contributed by atoms with Crippen LogP contribution in [0.2, 0.25) is 0 Å². The summed E-state index contributed by atoms with van der Waals surface area (Å²) < 4.78 is 0. The zero-order valence-electron chi connectivity index (χ0n) is 20.0. The molecule has 1 aliphatic rings. The van der Waals surface area contributed by atoms with Crippen molar-refractivity contribution in [2.24, 2.45) is 0 Å². The lowest BCUT2D eigenvalue weighted by Crippen LogP contribution is -2.31. The van der Waals surface area contributed by atoms with E-state index in [0.717, 1.165) is 19.8 Å². The molecule has 0 saturated carbocycles. The molecular weight excluding hydrogens is 462 g/mol. The summed E-state index contributed by atoms with van der Waals surface area (Å²) in [5, 5.41) is 5.85. The van der Waals surface area contributed by atoms with Crippen molar-refractivity contribution in [1.82, 2.24) is 9.80 Å². The van der Waals surface area contributed by atoms with Crippen molar-refractivity contribution < 1.29 is 0 Å². The van der Waals surface area contributed by atoms with Crippen LogP contribution in [0.1, 0.15) is 0 Å². The maximum absolute atomic E-state index is 2.48. The standard InChI is InChI=1S/C31H32N2P2/c1-5-13-28(14-6-1)34(29-15-7-2-8-16-29)25-23-32-21-22-33(27-32)24-26-35(30-17-9-3-10-18-30)31-19-11-4-12-20-31/h1-22H,23-27H2. The van der Waals surface area contributed by atoms with Crippen molar-refractivity contribution in [2.45, 2.75) is 0 Å². The molecular formula is C31H32N2P2. The minimum Gasteiger partial charge on any atom is -0.358 e. The lowest BCUT2D eigenvalue weighted by atomic mass is 10.4. The molecule has 1 heterocycles. The van der Waals surface area contributed by atoms with Gasteiger partial charge in [-0.25, -0.2) is 0 Å². The van der Waals surface area contributed by atoms with Crippen LogP contribution in [0.5, 0.6) is 0 Å². The summed E-state index contributed by atoms with van der Waals surface area (Å²) in [4.78, 5) is 4.96. The second-order valence-corrected chi connectivity index (χ2v) is 13.4. The molecule has 5 rings (SSSR count). The minimum absolute atomic E-state index is 0.351. The highest BCUT2D eigenvalue weighted by Gasteiger charge is 2.19. The molecule has 1 aliphatic heterocycles. The van der Waals surface area contributed by atoms with Gasteiger partial charge in [0.05, 0.1) is 6.67 Å². The number of rotatable bonds is 10. The Morgan fingerprint density at radius 3 is 1.00 bits per heavy atom. The van der Waals surface area contributed by atoms with Gasteiger partial charge in [-0.1, -0.05) is 121 Å². The van der Waals surface area contributed by atoms with Crippen molar-refractivity contribution in [2.75, 3.05) is 32.1 Å². The highest BCUT2D eigenvalue weighted by molar-refractivity contribution is 7.73. The van der Waals surface area contributed by atoms with E-state index in [-0.39, 0.29) is 15.8 Å². The third kappa shape index (κ3) is 6.40. The van der Waals surface area contributed by atoms with E-state index in [2.05, 4.69) is 144 Å². The van der Waals surface area contributed by atoms with Gasteiger partial charge < -0.3 is 9.80 Å². The predicted molar refractivity (Wildman–Crippen MR) is 155 cm³/mol. The number of hydrogen-bond donors (Lipinski definition) is 0. The molecule has 0 saturated heterocycles. The van der Waals surface area contributed by atoms with Crippen LogP contribution >= 0.6 is 15.8 Å². The topological polar surface area (TPSA) is 6.48 Å². The first-order valence-corrected chi connectivity index (χ1v) is 15.3. The smallest absolute Gasteiger partial charge is 0.0894 e. The molecule has 0 radical (unpaired) electrons. The van der Waals surface area contributed by atoms with Gasteiger partial charge in [-0.3, -0.25) is 0 Å². The van der Waals surface area contributed by atoms with Crippen LogP contribution in [0.15, 0.2) is 134 Å². The van der Waals surface area contributed by atoms with Gasteiger partial charge >= 0.3 is 0 Å². The highest BCUT2D eigenvalue weighted by Crippen LogP contribution is 2.35. The van der Waals surface area contributed by atoms with Crippen LogP contribution in [-0.2, 0) is 0 Å². The van der Waals surface area contributed by atoms with Crippen LogP contribution in [0.4, 0.5) is 0 Å². The zero-order valence-corrected chi connectivity index (χ0v) is 21.8. The van der Waals surface area contributed by atoms with E-state index in [9.17, 15) is 0 Å². The van der Waals surface area contributed by atoms with Gasteiger partial charge in [-0.2, -0.15) is 0 Å². The second kappa shape index (κ2) is 12.2. The molecule has 0 fully saturated rings. The number of benzene rings is 4. The van der Waals surface area contributed by atoms with Gasteiger partial charge in [0.2, 0.25) is 0 Å². The van der Waals surface area contributed by atoms with Gasteiger partial charge in [0.15, 0.2) is 0 Å². The van der Waals surface area contributed by atoms with E-state index in [1.165, 1.54) is 33.5 Å². The average Bonchev–Trinajstić information content (AvgIpc) is 3.39. The molecule has 176 valence electrons. The molecule has 4 heteroatoms. The lowest BCUT2D eigenvalue weighted by molar-refractivity contribution is 0.285. The van der Waals surface area contributed by atoms with E-state index < -0.39 is 0 Å². The van der Waals surface area contributed by atoms with E-state index >= 15 is 0 Å². The Labute approximate surface area is 212 Å². The van der Waals surface area contributed by atoms with Crippen molar-refractivity contribution >= 4 is 37.1 Å². The highest BCUT2D eigenvalue weighted by atomic mass is 31.1. The Hall–Kier alpha value is -2.92. The Kier molecular flexibility index (Phi) is 8.27. The number of nitrogens with zero attached hydrogens (tertiary/aromatic N) is 2. The first-order valence-electron chi connectivity index (χ1n) is 12.3. The summed E-state index contributed by atoms with van der Waals surface area (Å²) >= 11 is 0. The molecule has 0 bridgehead atoms. The molecule has 2 nitrogen and oxygen atoms in total. The van der Waals surface area contributed by atoms with Gasteiger partial charge in [0, 0.05) is 25.5 Å². The third-order valence-corrected chi connectivity index (χ3v) is 11.3. The fourth-order valence-electron chi connectivity index (χ4n) is 4.51. The van der Waals surface area contributed by atoms with E-state index in [4.69, 9.17) is 0 Å². The predicted octanol–water partition coefficient (Wildman–Crippen LogP) is 5.30. The van der Waals surface area contributed by atoms with Crippen LogP contribution in [0.25, 0.3) is 0 Å². The van der Waals surface area contributed by atoms with Crippen LogP contribution in [-0.4, -0.2) is 41.9 Å². The van der Waals surface area contributed by atoms with Gasteiger partial charge in [0.25, 0.3) is 0 Å². The van der Waals surface area contributed by atoms with Gasteiger partial charge in [-0.15, -0.1) is 0 Å². The largest absolute Gasteiger partial charge is 0.358 e. The first-order chi connectivity index (χ1) is 17.4. The average molecular weight is 495 g/mol. The molecule has 0 N–H and O–H groups in total. The molecule has 0 atom stereocenters. The maximum Gasteiger partial charge on any atom is 0.0894 e. The Bertz CT molecular complexity index is 1010. The Balaban J connectivity index is 1.19. The monoisotopic (exact) mass is 494 g/mol. The minimum atomic E-state index is -0.351. The molecule has 4 aromatic rings. The van der Waals surface area contributed by atoms with E-state index in [1.807, 2.05) is 0 Å². The summed E-state index contributed by atoms with van der Waals surface area (Å²) in [7, 11) is -0.702. The number of hydrogen-bond acceptors (Lipinski definition) is 2. The molecule has 0 aliphatic carbocycles. The summed E-state index contributed by atoms with van der Waals surface area (Å²) in [5.74, 6) is 0. The fourth-order valence-corrected chi connectivity index (χ4v) is 9.18. The summed E-state index contributed by atoms with van der Waals surface area (Å²) in [6, 6.07) is 44.1. The van der Waals surface area contributed by atoms with Gasteiger partial charge in [0.1, 0.15) is 0 Å². The zero-order chi connectivity index (χ0) is 23.7. The van der Waals surface area contributed by atoms with Crippen molar-refractivity contribution in [1.29, 1.82) is 0 Å². The quantitative estimate of drug-likeness (QED) is 0.276. The van der Waals surface area contributed by atoms with Crippen molar-refractivity contribution in [3.05, 3.63) is 134 Å². The summed E-state index contributed by atoms with van der Waals surface area (Å²) in [6.07, 6.45) is 6.91. The molecule has 0 amide bonds. The molecule has 0 aromatic heterocycles. The van der Waals surface area contributed by atoms with Gasteiger partial charge in [-0.05, 0) is 49.4 Å². The normalized spacial score (nSPS) is 13.2. The van der Waals surface area contributed by atoms with Crippen molar-refractivity contribution in [3.8, 4) is 0 Å². The summed E-state index contributed by atoms with van der Waals surface area (Å²) in [6.45, 7) is 3.14. The molecule has 0 unspecified atom stereocenters. The molecule has 35 heavy (non-hydrogen) atoms. The Morgan fingerprint density at radius 2 is 0.714 bits per heavy atom. The molecule has 4 aromatic carbocycles. The molecule has 0 spiro atoms. The van der Waals surface area contributed by atoms with Crippen LogP contribution in [0.3, 0.4) is 0 Å². The Morgan fingerprint density at radius 1 is 0.429 bits per heavy atom. The fraction of sp³-hybridized carbons (Fsp3) is 0.161. The van der Waals surface area contributed by atoms with Crippen LogP contribution in [0, 0.1) is 0 Å². The second-order valence-electron chi connectivity index (χ2n) is 8.71. The van der Waals surface area contributed by atoms with E-state index in [1.54, 1.807) is 0 Å². The third-order valence-electron chi connectivity index (χ3n) is 6.34. The summed E-state index contributed by atoms with van der Waals surface area (Å²) in [5.41, 5.74) is 0. The van der Waals surface area contributed by atoms with E-state index in [0.29, 0.717) is 0 Å². The maximum atomic E-state index is 2.48. The first kappa shape index (κ1) is 23.8.